The Bertz CT molecular complexity index is 725. The molecule has 0 saturated carbocycles. The number of methoxy groups -OCH3 is 1. The molecule has 0 amide bonds. The van der Waals surface area contributed by atoms with E-state index in [9.17, 15) is 9.59 Å². The Morgan fingerprint density at radius 2 is 2.10 bits per heavy atom. The van der Waals surface area contributed by atoms with Gasteiger partial charge in [0.25, 0.3) is 5.56 Å². The van der Waals surface area contributed by atoms with Gasteiger partial charge in [-0.2, -0.15) is 5.10 Å². The summed E-state index contributed by atoms with van der Waals surface area (Å²) in [7, 11) is 5.11. The Kier molecular flexibility index (Phi) is 4.08. The Balaban J connectivity index is 2.62. The molecule has 20 heavy (non-hydrogen) atoms. The molecule has 0 bridgehead atoms. The average molecular weight is 340 g/mol. The molecule has 0 radical (unpaired) electrons. The first kappa shape index (κ1) is 14.5. The van der Waals surface area contributed by atoms with E-state index in [4.69, 9.17) is 0 Å². The largest absolute Gasteiger partial charge is 0.468 e. The number of esters is 1. The van der Waals surface area contributed by atoms with Gasteiger partial charge in [0.2, 0.25) is 0 Å². The van der Waals surface area contributed by atoms with Crippen molar-refractivity contribution in [3.8, 4) is 0 Å². The summed E-state index contributed by atoms with van der Waals surface area (Å²) < 4.78 is 6.16. The second-order valence-corrected chi connectivity index (χ2v) is 5.21. The van der Waals surface area contributed by atoms with Crippen LogP contribution in [0.2, 0.25) is 0 Å². The van der Waals surface area contributed by atoms with Gasteiger partial charge in [-0.15, -0.1) is 0 Å². The van der Waals surface area contributed by atoms with Gasteiger partial charge < -0.3 is 9.64 Å². The van der Waals surface area contributed by atoms with Crippen LogP contribution in [0.3, 0.4) is 0 Å². The molecule has 0 aliphatic heterocycles. The second kappa shape index (κ2) is 5.62. The van der Waals surface area contributed by atoms with Gasteiger partial charge in [0.05, 0.1) is 12.5 Å². The lowest BCUT2D eigenvalue weighted by molar-refractivity contribution is -0.141. The number of anilines is 1. The smallest absolute Gasteiger partial charge is 0.327 e. The Morgan fingerprint density at radius 3 is 2.70 bits per heavy atom. The zero-order chi connectivity index (χ0) is 14.9. The van der Waals surface area contributed by atoms with E-state index in [0.717, 1.165) is 10.4 Å². The van der Waals surface area contributed by atoms with E-state index in [0.29, 0.717) is 15.4 Å². The molecule has 6 nitrogen and oxygen atoms in total. The fraction of sp³-hybridized carbons (Fsp3) is 0.308. The number of rotatable bonds is 3. The molecular weight excluding hydrogens is 326 g/mol. The van der Waals surface area contributed by atoms with E-state index in [1.807, 2.05) is 31.1 Å². The predicted octanol–water partition coefficient (Wildman–Crippen LogP) is 1.40. The molecule has 2 rings (SSSR count). The third-order valence-electron chi connectivity index (χ3n) is 2.92. The molecule has 0 spiro atoms. The second-order valence-electron chi connectivity index (χ2n) is 4.45. The molecule has 0 aliphatic rings. The maximum Gasteiger partial charge on any atom is 0.327 e. The summed E-state index contributed by atoms with van der Waals surface area (Å²) in [5.74, 6) is -0.518. The van der Waals surface area contributed by atoms with Crippen LogP contribution in [0.15, 0.2) is 27.6 Å². The van der Waals surface area contributed by atoms with Crippen molar-refractivity contribution in [1.29, 1.82) is 0 Å². The van der Waals surface area contributed by atoms with Gasteiger partial charge in [0.1, 0.15) is 11.1 Å². The van der Waals surface area contributed by atoms with Crippen LogP contribution in [0.5, 0.6) is 0 Å². The van der Waals surface area contributed by atoms with E-state index in [1.165, 1.54) is 7.11 Å². The molecule has 0 fully saturated rings. The average Bonchev–Trinajstić information content (AvgIpc) is 2.43. The molecule has 0 N–H and O–H groups in total. The Hall–Kier alpha value is -1.89. The molecule has 0 aliphatic carbocycles. The highest BCUT2D eigenvalue weighted by molar-refractivity contribution is 9.10. The molecule has 0 unspecified atom stereocenters. The highest BCUT2D eigenvalue weighted by Crippen LogP contribution is 2.23. The highest BCUT2D eigenvalue weighted by atomic mass is 79.9. The van der Waals surface area contributed by atoms with Crippen LogP contribution in [-0.2, 0) is 16.1 Å². The normalized spacial score (nSPS) is 10.6. The fourth-order valence-corrected chi connectivity index (χ4v) is 2.33. The SMILES string of the molecule is COC(=O)Cn1nc(Br)c2cc(N(C)C)ccc2c1=O. The predicted molar refractivity (Wildman–Crippen MR) is 80.0 cm³/mol. The number of fused-ring (bicyclic) bond motifs is 1. The van der Waals surface area contributed by atoms with Crippen molar-refractivity contribution in [3.05, 3.63) is 33.2 Å². The standard InChI is InChI=1S/C13H14BrN3O3/c1-16(2)8-4-5-9-10(6-8)12(14)15-17(13(9)19)7-11(18)20-3/h4-6H,7H2,1-3H3. The first-order chi connectivity index (χ1) is 9.43. The van der Waals surface area contributed by atoms with Gasteiger partial charge in [0, 0.05) is 25.2 Å². The van der Waals surface area contributed by atoms with Crippen molar-refractivity contribution in [1.82, 2.24) is 9.78 Å². The maximum absolute atomic E-state index is 12.3. The van der Waals surface area contributed by atoms with Crippen molar-refractivity contribution in [2.24, 2.45) is 0 Å². The van der Waals surface area contributed by atoms with Crippen molar-refractivity contribution in [3.63, 3.8) is 0 Å². The zero-order valence-electron chi connectivity index (χ0n) is 11.4. The van der Waals surface area contributed by atoms with Crippen LogP contribution in [0.25, 0.3) is 10.8 Å². The quantitative estimate of drug-likeness (QED) is 0.791. The summed E-state index contributed by atoms with van der Waals surface area (Å²) in [6.07, 6.45) is 0. The highest BCUT2D eigenvalue weighted by Gasteiger charge is 2.12. The molecule has 1 aromatic carbocycles. The number of aromatic nitrogens is 2. The third-order valence-corrected chi connectivity index (χ3v) is 3.51. The summed E-state index contributed by atoms with van der Waals surface area (Å²) in [6, 6.07) is 5.45. The van der Waals surface area contributed by atoms with Crippen LogP contribution in [-0.4, -0.2) is 37.0 Å². The zero-order valence-corrected chi connectivity index (χ0v) is 13.0. The number of carbonyl (C=O) groups is 1. The van der Waals surface area contributed by atoms with Gasteiger partial charge >= 0.3 is 5.97 Å². The van der Waals surface area contributed by atoms with Gasteiger partial charge in [-0.1, -0.05) is 0 Å². The van der Waals surface area contributed by atoms with E-state index in [1.54, 1.807) is 6.07 Å². The summed E-state index contributed by atoms with van der Waals surface area (Å²) in [6.45, 7) is -0.209. The minimum absolute atomic E-state index is 0.209. The lowest BCUT2D eigenvalue weighted by Gasteiger charge is -2.14. The number of benzene rings is 1. The van der Waals surface area contributed by atoms with E-state index < -0.39 is 5.97 Å². The fourth-order valence-electron chi connectivity index (χ4n) is 1.81. The maximum atomic E-state index is 12.3. The van der Waals surface area contributed by atoms with Crippen molar-refractivity contribution in [2.45, 2.75) is 6.54 Å². The summed E-state index contributed by atoms with van der Waals surface area (Å²) in [4.78, 5) is 25.5. The van der Waals surface area contributed by atoms with E-state index >= 15 is 0 Å². The van der Waals surface area contributed by atoms with E-state index in [2.05, 4.69) is 25.8 Å². The molecule has 1 heterocycles. The van der Waals surface area contributed by atoms with Crippen molar-refractivity contribution < 1.29 is 9.53 Å². The summed E-state index contributed by atoms with van der Waals surface area (Å²) in [5, 5.41) is 5.30. The molecule has 0 saturated heterocycles. The number of ether oxygens (including phenoxy) is 1. The molecule has 0 atom stereocenters. The molecule has 2 aromatic rings. The van der Waals surface area contributed by atoms with Crippen molar-refractivity contribution >= 4 is 38.4 Å². The number of hydrogen-bond acceptors (Lipinski definition) is 5. The first-order valence-corrected chi connectivity index (χ1v) is 6.68. The molecule has 1 aromatic heterocycles. The molecular formula is C13H14BrN3O3. The lowest BCUT2D eigenvalue weighted by Crippen LogP contribution is -2.27. The van der Waals surface area contributed by atoms with Gasteiger partial charge in [-0.3, -0.25) is 9.59 Å². The van der Waals surface area contributed by atoms with Crippen LogP contribution in [0.1, 0.15) is 0 Å². The van der Waals surface area contributed by atoms with Crippen molar-refractivity contribution in [2.75, 3.05) is 26.1 Å². The number of carbonyl (C=O) groups excluding carboxylic acids is 1. The monoisotopic (exact) mass is 339 g/mol. The van der Waals surface area contributed by atoms with Crippen LogP contribution >= 0.6 is 15.9 Å². The molecule has 106 valence electrons. The number of halogens is 1. The number of hydrogen-bond donors (Lipinski definition) is 0. The Labute approximate surface area is 124 Å². The summed E-state index contributed by atoms with van der Waals surface area (Å²) >= 11 is 3.34. The minimum Gasteiger partial charge on any atom is -0.468 e. The third kappa shape index (κ3) is 2.67. The van der Waals surface area contributed by atoms with Crippen LogP contribution < -0.4 is 10.5 Å². The topological polar surface area (TPSA) is 64.4 Å². The van der Waals surface area contributed by atoms with Crippen LogP contribution in [0, 0.1) is 0 Å². The Morgan fingerprint density at radius 1 is 1.40 bits per heavy atom. The van der Waals surface area contributed by atoms with Gasteiger partial charge in [-0.05, 0) is 34.1 Å². The lowest BCUT2D eigenvalue weighted by atomic mass is 10.1. The van der Waals surface area contributed by atoms with Gasteiger partial charge in [-0.25, -0.2) is 4.68 Å². The minimum atomic E-state index is -0.518. The van der Waals surface area contributed by atoms with Gasteiger partial charge in [0.15, 0.2) is 0 Å². The number of nitrogens with zero attached hydrogens (tertiary/aromatic N) is 3. The van der Waals surface area contributed by atoms with E-state index in [-0.39, 0.29) is 12.1 Å². The van der Waals surface area contributed by atoms with Crippen LogP contribution in [0.4, 0.5) is 5.69 Å². The summed E-state index contributed by atoms with van der Waals surface area (Å²) in [5.41, 5.74) is 0.643. The molecule has 7 heteroatoms. The first-order valence-electron chi connectivity index (χ1n) is 5.88.